The maximum absolute atomic E-state index is 11.9. The summed E-state index contributed by atoms with van der Waals surface area (Å²) in [4.78, 5) is 23.9. The Hall–Kier alpha value is -1.84. The highest BCUT2D eigenvalue weighted by atomic mass is 16.4. The van der Waals surface area contributed by atoms with Gasteiger partial charge in [-0.05, 0) is 24.0 Å². The Morgan fingerprint density at radius 1 is 1.16 bits per heavy atom. The predicted molar refractivity (Wildman–Crippen MR) is 74.0 cm³/mol. The van der Waals surface area contributed by atoms with Crippen LogP contribution in [0.15, 0.2) is 24.3 Å². The SMILES string of the molecule is CCc1ccc(CC(=O)N(C)CCCC(=O)O)cc1. The fourth-order valence-electron chi connectivity index (χ4n) is 1.79. The first-order valence-corrected chi connectivity index (χ1v) is 6.56. The number of amides is 1. The Morgan fingerprint density at radius 3 is 2.26 bits per heavy atom. The number of aryl methyl sites for hydroxylation is 1. The summed E-state index contributed by atoms with van der Waals surface area (Å²) in [5, 5.41) is 8.55. The molecule has 0 heterocycles. The summed E-state index contributed by atoms with van der Waals surface area (Å²) in [7, 11) is 1.71. The van der Waals surface area contributed by atoms with Gasteiger partial charge in [0.15, 0.2) is 0 Å². The molecule has 0 atom stereocenters. The Balaban J connectivity index is 2.42. The van der Waals surface area contributed by atoms with Crippen molar-refractivity contribution in [1.82, 2.24) is 4.90 Å². The lowest BCUT2D eigenvalue weighted by atomic mass is 10.1. The number of aliphatic carboxylic acids is 1. The lowest BCUT2D eigenvalue weighted by molar-refractivity contribution is -0.138. The number of carbonyl (C=O) groups is 2. The number of nitrogens with zero attached hydrogens (tertiary/aromatic N) is 1. The van der Waals surface area contributed by atoms with Crippen molar-refractivity contribution in [3.05, 3.63) is 35.4 Å². The molecule has 4 heteroatoms. The van der Waals surface area contributed by atoms with Gasteiger partial charge < -0.3 is 10.0 Å². The van der Waals surface area contributed by atoms with E-state index in [0.717, 1.165) is 12.0 Å². The number of hydrogen-bond acceptors (Lipinski definition) is 2. The van der Waals surface area contributed by atoms with E-state index in [0.29, 0.717) is 19.4 Å². The largest absolute Gasteiger partial charge is 0.481 e. The zero-order chi connectivity index (χ0) is 14.3. The molecular formula is C15H21NO3. The van der Waals surface area contributed by atoms with Crippen molar-refractivity contribution in [2.24, 2.45) is 0 Å². The molecule has 0 spiro atoms. The molecular weight excluding hydrogens is 242 g/mol. The van der Waals surface area contributed by atoms with Gasteiger partial charge in [0.1, 0.15) is 0 Å². The molecule has 0 aromatic heterocycles. The topological polar surface area (TPSA) is 57.6 Å². The molecule has 1 N–H and O–H groups in total. The van der Waals surface area contributed by atoms with E-state index >= 15 is 0 Å². The van der Waals surface area contributed by atoms with Crippen molar-refractivity contribution in [2.75, 3.05) is 13.6 Å². The highest BCUT2D eigenvalue weighted by Gasteiger charge is 2.10. The van der Waals surface area contributed by atoms with Crippen molar-refractivity contribution in [3.63, 3.8) is 0 Å². The summed E-state index contributed by atoms with van der Waals surface area (Å²) in [5.74, 6) is -0.800. The van der Waals surface area contributed by atoms with Crippen molar-refractivity contribution < 1.29 is 14.7 Å². The van der Waals surface area contributed by atoms with Crippen LogP contribution in [0.4, 0.5) is 0 Å². The van der Waals surface area contributed by atoms with Crippen LogP contribution >= 0.6 is 0 Å². The van der Waals surface area contributed by atoms with Crippen LogP contribution in [0.1, 0.15) is 30.9 Å². The summed E-state index contributed by atoms with van der Waals surface area (Å²) in [6.07, 6.45) is 1.95. The number of hydrogen-bond donors (Lipinski definition) is 1. The van der Waals surface area contributed by atoms with Crippen LogP contribution < -0.4 is 0 Å². The van der Waals surface area contributed by atoms with Gasteiger partial charge in [-0.25, -0.2) is 0 Å². The summed E-state index contributed by atoms with van der Waals surface area (Å²) in [5.41, 5.74) is 2.25. The van der Waals surface area contributed by atoms with E-state index in [4.69, 9.17) is 5.11 Å². The van der Waals surface area contributed by atoms with Gasteiger partial charge in [-0.15, -0.1) is 0 Å². The maximum atomic E-state index is 11.9. The molecule has 104 valence electrons. The zero-order valence-electron chi connectivity index (χ0n) is 11.6. The second-order valence-electron chi connectivity index (χ2n) is 4.66. The summed E-state index contributed by atoms with van der Waals surface area (Å²) in [6.45, 7) is 2.58. The van der Waals surface area contributed by atoms with Crippen molar-refractivity contribution in [2.45, 2.75) is 32.6 Å². The minimum absolute atomic E-state index is 0.0228. The van der Waals surface area contributed by atoms with Gasteiger partial charge in [-0.2, -0.15) is 0 Å². The smallest absolute Gasteiger partial charge is 0.303 e. The molecule has 0 saturated heterocycles. The first-order valence-electron chi connectivity index (χ1n) is 6.56. The van der Waals surface area contributed by atoms with Gasteiger partial charge in [0.2, 0.25) is 5.91 Å². The van der Waals surface area contributed by atoms with Crippen LogP contribution in [-0.4, -0.2) is 35.5 Å². The molecule has 1 amide bonds. The second kappa shape index (κ2) is 7.56. The van der Waals surface area contributed by atoms with Crippen molar-refractivity contribution in [3.8, 4) is 0 Å². The molecule has 0 saturated carbocycles. The van der Waals surface area contributed by atoms with Crippen molar-refractivity contribution >= 4 is 11.9 Å². The van der Waals surface area contributed by atoms with Gasteiger partial charge >= 0.3 is 5.97 Å². The summed E-state index contributed by atoms with van der Waals surface area (Å²) < 4.78 is 0. The number of carbonyl (C=O) groups excluding carboxylic acids is 1. The quantitative estimate of drug-likeness (QED) is 0.819. The molecule has 0 bridgehead atoms. The van der Waals surface area contributed by atoms with Gasteiger partial charge in [0.05, 0.1) is 6.42 Å². The molecule has 0 aliphatic heterocycles. The first-order chi connectivity index (χ1) is 9.02. The minimum Gasteiger partial charge on any atom is -0.481 e. The number of carboxylic acids is 1. The van der Waals surface area contributed by atoms with E-state index in [2.05, 4.69) is 6.92 Å². The number of likely N-dealkylation sites (N-methyl/N-ethyl adjacent to an activating group) is 1. The van der Waals surface area contributed by atoms with E-state index in [-0.39, 0.29) is 12.3 Å². The van der Waals surface area contributed by atoms with E-state index in [1.165, 1.54) is 5.56 Å². The van der Waals surface area contributed by atoms with E-state index < -0.39 is 5.97 Å². The fourth-order valence-corrected chi connectivity index (χ4v) is 1.79. The summed E-state index contributed by atoms with van der Waals surface area (Å²) >= 11 is 0. The van der Waals surface area contributed by atoms with Gasteiger partial charge in [-0.1, -0.05) is 31.2 Å². The second-order valence-corrected chi connectivity index (χ2v) is 4.66. The molecule has 0 fully saturated rings. The summed E-state index contributed by atoms with van der Waals surface area (Å²) in [6, 6.07) is 8.02. The van der Waals surface area contributed by atoms with E-state index in [1.807, 2.05) is 24.3 Å². The Kier molecular flexibility index (Phi) is 6.06. The number of carboxylic acid groups (broad SMARTS) is 1. The van der Waals surface area contributed by atoms with Gasteiger partial charge in [0.25, 0.3) is 0 Å². The molecule has 1 aromatic carbocycles. The Bertz CT molecular complexity index is 426. The minimum atomic E-state index is -0.823. The molecule has 1 aromatic rings. The Labute approximate surface area is 114 Å². The van der Waals surface area contributed by atoms with Crippen LogP contribution in [0.25, 0.3) is 0 Å². The van der Waals surface area contributed by atoms with E-state index in [1.54, 1.807) is 11.9 Å². The van der Waals surface area contributed by atoms with E-state index in [9.17, 15) is 9.59 Å². The lowest BCUT2D eigenvalue weighted by Crippen LogP contribution is -2.29. The molecule has 1 rings (SSSR count). The first kappa shape index (κ1) is 15.2. The van der Waals surface area contributed by atoms with Crippen molar-refractivity contribution in [1.29, 1.82) is 0 Å². The van der Waals surface area contributed by atoms with Crippen LogP contribution in [0.3, 0.4) is 0 Å². The molecule has 0 unspecified atom stereocenters. The third kappa shape index (κ3) is 5.55. The number of benzene rings is 1. The van der Waals surface area contributed by atoms with Crippen LogP contribution in [0.5, 0.6) is 0 Å². The maximum Gasteiger partial charge on any atom is 0.303 e. The lowest BCUT2D eigenvalue weighted by Gasteiger charge is -2.16. The zero-order valence-corrected chi connectivity index (χ0v) is 11.6. The van der Waals surface area contributed by atoms with Crippen LogP contribution in [-0.2, 0) is 22.4 Å². The predicted octanol–water partition coefficient (Wildman–Crippen LogP) is 2.11. The fraction of sp³-hybridized carbons (Fsp3) is 0.467. The standard InChI is InChI=1S/C15H21NO3/c1-3-12-6-8-13(9-7-12)11-14(17)16(2)10-4-5-15(18)19/h6-9H,3-5,10-11H2,1-2H3,(H,18,19). The highest BCUT2D eigenvalue weighted by molar-refractivity contribution is 5.78. The molecule has 19 heavy (non-hydrogen) atoms. The molecule has 0 aliphatic rings. The average molecular weight is 263 g/mol. The van der Waals surface area contributed by atoms with Gasteiger partial charge in [0, 0.05) is 20.0 Å². The van der Waals surface area contributed by atoms with Gasteiger partial charge in [-0.3, -0.25) is 9.59 Å². The number of rotatable bonds is 7. The normalized spacial score (nSPS) is 10.2. The van der Waals surface area contributed by atoms with Crippen LogP contribution in [0, 0.1) is 0 Å². The monoisotopic (exact) mass is 263 g/mol. The molecule has 0 radical (unpaired) electrons. The molecule has 4 nitrogen and oxygen atoms in total. The van der Waals surface area contributed by atoms with Crippen LogP contribution in [0.2, 0.25) is 0 Å². The highest BCUT2D eigenvalue weighted by Crippen LogP contribution is 2.07. The third-order valence-electron chi connectivity index (χ3n) is 3.10. The average Bonchev–Trinajstić information content (AvgIpc) is 2.39. The third-order valence-corrected chi connectivity index (χ3v) is 3.10. The molecule has 0 aliphatic carbocycles. The Morgan fingerprint density at radius 2 is 1.74 bits per heavy atom.